The quantitative estimate of drug-likeness (QED) is 0.574. The molecule has 0 aliphatic heterocycles. The lowest BCUT2D eigenvalue weighted by molar-refractivity contribution is 0.548. The van der Waals surface area contributed by atoms with Crippen molar-refractivity contribution in [2.45, 2.75) is 0 Å². The summed E-state index contributed by atoms with van der Waals surface area (Å²) in [4.78, 5) is 10.6. The predicted octanol–water partition coefficient (Wildman–Crippen LogP) is 0.516. The minimum absolute atomic E-state index is 0.364. The Kier molecular flexibility index (Phi) is 0.887. The van der Waals surface area contributed by atoms with Gasteiger partial charge in [-0.1, -0.05) is 0 Å². The third-order valence-corrected chi connectivity index (χ3v) is 1.23. The van der Waals surface area contributed by atoms with Gasteiger partial charge in [0.25, 0.3) is 0 Å². The highest BCUT2D eigenvalue weighted by atomic mass is 16.4. The molecule has 4 nitrogen and oxygen atoms in total. The Bertz CT molecular complexity index is 401. The first-order chi connectivity index (χ1) is 4.86. The molecule has 2 heterocycles. The maximum atomic E-state index is 10.6. The third kappa shape index (κ3) is 0.621. The second-order valence-electron chi connectivity index (χ2n) is 1.91. The number of nitrogens with zero attached hydrogens (tertiary/aromatic N) is 1. The minimum atomic E-state index is -0.364. The van der Waals surface area contributed by atoms with E-state index in [1.807, 2.05) is 0 Å². The molecule has 10 heavy (non-hydrogen) atoms. The number of hydrogen-bond acceptors (Lipinski definition) is 3. The van der Waals surface area contributed by atoms with E-state index in [0.29, 0.717) is 5.71 Å². The Balaban J connectivity index is 2.99. The molecule has 0 atom stereocenters. The monoisotopic (exact) mass is 136 g/mol. The van der Waals surface area contributed by atoms with Crippen LogP contribution in [0, 0.1) is 0 Å². The maximum absolute atomic E-state index is 10.6. The maximum Gasteiger partial charge on any atom is 0.337 e. The van der Waals surface area contributed by atoms with Crippen molar-refractivity contribution in [3.05, 3.63) is 28.7 Å². The largest absolute Gasteiger partial charge is 0.404 e. The fraction of sp³-hybridized carbons (Fsp3) is 0. The van der Waals surface area contributed by atoms with E-state index in [1.165, 1.54) is 6.07 Å². The number of hydrogen-bond donors (Lipinski definition) is 1. The molecule has 0 saturated heterocycles. The van der Waals surface area contributed by atoms with Gasteiger partial charge in [-0.2, -0.15) is 5.10 Å². The first kappa shape index (κ1) is 5.22. The molecule has 0 aliphatic rings. The van der Waals surface area contributed by atoms with Crippen molar-refractivity contribution in [1.29, 1.82) is 0 Å². The Labute approximate surface area is 55.5 Å². The molecule has 0 amide bonds. The molecule has 2 aromatic rings. The van der Waals surface area contributed by atoms with Crippen LogP contribution in [0.15, 0.2) is 27.5 Å². The van der Waals surface area contributed by atoms with Crippen LogP contribution in [-0.4, -0.2) is 10.2 Å². The van der Waals surface area contributed by atoms with Crippen molar-refractivity contribution in [2.75, 3.05) is 0 Å². The molecule has 0 bridgehead atoms. The first-order valence-corrected chi connectivity index (χ1v) is 2.79. The molecule has 0 spiro atoms. The van der Waals surface area contributed by atoms with Crippen molar-refractivity contribution >= 4 is 11.1 Å². The molecular formula is C6H4N2O2. The summed E-state index contributed by atoms with van der Waals surface area (Å²) in [6.07, 6.45) is 1.60. The lowest BCUT2D eigenvalue weighted by Gasteiger charge is -1.81. The van der Waals surface area contributed by atoms with Crippen LogP contribution < -0.4 is 5.63 Å². The average molecular weight is 136 g/mol. The lowest BCUT2D eigenvalue weighted by Crippen LogP contribution is -1.93. The molecular weight excluding hydrogens is 132 g/mol. The number of fused-ring (bicyclic) bond motifs is 1. The van der Waals surface area contributed by atoms with Crippen molar-refractivity contribution in [3.8, 4) is 0 Å². The van der Waals surface area contributed by atoms with Gasteiger partial charge in [-0.25, -0.2) is 9.89 Å². The van der Waals surface area contributed by atoms with E-state index in [2.05, 4.69) is 10.2 Å². The summed E-state index contributed by atoms with van der Waals surface area (Å²) >= 11 is 0. The van der Waals surface area contributed by atoms with Crippen molar-refractivity contribution in [1.82, 2.24) is 10.2 Å². The summed E-state index contributed by atoms with van der Waals surface area (Å²) in [5.74, 6) is 0. The van der Waals surface area contributed by atoms with Crippen molar-refractivity contribution < 1.29 is 4.42 Å². The van der Waals surface area contributed by atoms with Crippen LogP contribution in [0.2, 0.25) is 0 Å². The normalized spacial score (nSPS) is 10.4. The first-order valence-electron chi connectivity index (χ1n) is 2.79. The van der Waals surface area contributed by atoms with Gasteiger partial charge in [-0.15, -0.1) is 0 Å². The number of rotatable bonds is 0. The third-order valence-electron chi connectivity index (χ3n) is 1.23. The van der Waals surface area contributed by atoms with Gasteiger partial charge >= 0.3 is 5.63 Å². The zero-order valence-electron chi connectivity index (χ0n) is 5.00. The van der Waals surface area contributed by atoms with Crippen molar-refractivity contribution in [3.63, 3.8) is 0 Å². The van der Waals surface area contributed by atoms with E-state index in [4.69, 9.17) is 4.42 Å². The smallest absolute Gasteiger partial charge is 0.337 e. The Morgan fingerprint density at radius 2 is 2.40 bits per heavy atom. The van der Waals surface area contributed by atoms with Crippen LogP contribution in [0.3, 0.4) is 0 Å². The summed E-state index contributed by atoms with van der Waals surface area (Å²) < 4.78 is 4.73. The van der Waals surface area contributed by atoms with Gasteiger partial charge in [0.1, 0.15) is 0 Å². The molecule has 1 N–H and O–H groups in total. The second kappa shape index (κ2) is 1.70. The van der Waals surface area contributed by atoms with Gasteiger partial charge in [-0.3, -0.25) is 0 Å². The van der Waals surface area contributed by atoms with E-state index in [1.54, 1.807) is 12.3 Å². The molecule has 2 rings (SSSR count). The summed E-state index contributed by atoms with van der Waals surface area (Å²) in [5, 5.41) is 7.03. The van der Waals surface area contributed by atoms with Crippen LogP contribution in [0.1, 0.15) is 0 Å². The molecule has 0 aliphatic carbocycles. The van der Waals surface area contributed by atoms with Crippen molar-refractivity contribution in [2.24, 2.45) is 0 Å². The number of aromatic amines is 1. The van der Waals surface area contributed by atoms with Gasteiger partial charge in [0.15, 0.2) is 0 Å². The van der Waals surface area contributed by atoms with Crippen LogP contribution in [0.4, 0.5) is 0 Å². The van der Waals surface area contributed by atoms with E-state index < -0.39 is 0 Å². The van der Waals surface area contributed by atoms with E-state index in [0.717, 1.165) is 5.39 Å². The second-order valence-corrected chi connectivity index (χ2v) is 1.91. The van der Waals surface area contributed by atoms with E-state index in [-0.39, 0.29) is 5.63 Å². The van der Waals surface area contributed by atoms with Gasteiger partial charge in [0.2, 0.25) is 5.71 Å². The molecule has 2 aromatic heterocycles. The van der Waals surface area contributed by atoms with Crippen LogP contribution in [-0.2, 0) is 0 Å². The molecule has 0 fully saturated rings. The molecule has 0 unspecified atom stereocenters. The molecule has 50 valence electrons. The zero-order chi connectivity index (χ0) is 6.97. The standard InChI is InChI=1S/C6H4N2O2/c9-5-2-1-4-3-7-8-6(4)10-5/h1-3H,(H,7,8). The van der Waals surface area contributed by atoms with Gasteiger partial charge in [0, 0.05) is 6.07 Å². The van der Waals surface area contributed by atoms with Gasteiger partial charge < -0.3 is 4.42 Å². The van der Waals surface area contributed by atoms with Crippen LogP contribution >= 0.6 is 0 Å². The molecule has 0 saturated carbocycles. The fourth-order valence-corrected chi connectivity index (χ4v) is 0.777. The zero-order valence-corrected chi connectivity index (χ0v) is 5.00. The SMILES string of the molecule is O=c1ccc2cn[nH]c2o1. The van der Waals surface area contributed by atoms with Gasteiger partial charge in [0.05, 0.1) is 11.6 Å². The Morgan fingerprint density at radius 1 is 1.50 bits per heavy atom. The summed E-state index contributed by atoms with van der Waals surface area (Å²) in [5.41, 5.74) is 0.0595. The molecule has 0 radical (unpaired) electrons. The topological polar surface area (TPSA) is 58.9 Å². The van der Waals surface area contributed by atoms with Crippen LogP contribution in [0.25, 0.3) is 11.1 Å². The Hall–Kier alpha value is -1.58. The average Bonchev–Trinajstić information content (AvgIpc) is 2.33. The summed E-state index contributed by atoms with van der Waals surface area (Å²) in [6, 6.07) is 3.02. The summed E-state index contributed by atoms with van der Waals surface area (Å²) in [7, 11) is 0. The van der Waals surface area contributed by atoms with E-state index >= 15 is 0 Å². The number of nitrogens with one attached hydrogen (secondary N) is 1. The minimum Gasteiger partial charge on any atom is -0.404 e. The Morgan fingerprint density at radius 3 is 3.30 bits per heavy atom. The lowest BCUT2D eigenvalue weighted by atomic mass is 10.4. The molecule has 4 heteroatoms. The van der Waals surface area contributed by atoms with Gasteiger partial charge in [-0.05, 0) is 6.07 Å². The van der Waals surface area contributed by atoms with Crippen LogP contribution in [0.5, 0.6) is 0 Å². The fourth-order valence-electron chi connectivity index (χ4n) is 0.777. The predicted molar refractivity (Wildman–Crippen MR) is 34.6 cm³/mol. The highest BCUT2D eigenvalue weighted by molar-refractivity contribution is 5.70. The number of aromatic nitrogens is 2. The molecule has 0 aromatic carbocycles. The van der Waals surface area contributed by atoms with E-state index in [9.17, 15) is 4.79 Å². The summed E-state index contributed by atoms with van der Waals surface area (Å²) in [6.45, 7) is 0. The highest BCUT2D eigenvalue weighted by Crippen LogP contribution is 2.04. The highest BCUT2D eigenvalue weighted by Gasteiger charge is 1.95. The number of H-pyrrole nitrogens is 1.